The van der Waals surface area contributed by atoms with Crippen molar-refractivity contribution in [3.8, 4) is 0 Å². The number of aromatic amines is 1. The van der Waals surface area contributed by atoms with Gasteiger partial charge in [0.25, 0.3) is 5.91 Å². The van der Waals surface area contributed by atoms with Gasteiger partial charge in [0.05, 0.1) is 11.5 Å². The van der Waals surface area contributed by atoms with E-state index in [-0.39, 0.29) is 28.7 Å². The first kappa shape index (κ1) is 13.6. The summed E-state index contributed by atoms with van der Waals surface area (Å²) in [6.07, 6.45) is 1.31. The monoisotopic (exact) mass is 297 g/mol. The summed E-state index contributed by atoms with van der Waals surface area (Å²) in [5.41, 5.74) is 1.21. The molecule has 0 bridgehead atoms. The maximum absolute atomic E-state index is 12.0. The zero-order valence-corrected chi connectivity index (χ0v) is 12.5. The minimum absolute atomic E-state index is 0.0353. The van der Waals surface area contributed by atoms with E-state index >= 15 is 0 Å². The van der Waals surface area contributed by atoms with E-state index in [2.05, 4.69) is 29.1 Å². The second-order valence-corrected chi connectivity index (χ2v) is 8.80. The molecule has 0 saturated carbocycles. The van der Waals surface area contributed by atoms with Crippen molar-refractivity contribution in [1.82, 2.24) is 15.3 Å². The second-order valence-electron chi connectivity index (χ2n) is 6.57. The van der Waals surface area contributed by atoms with Crippen molar-refractivity contribution in [3.05, 3.63) is 17.2 Å². The highest BCUT2D eigenvalue weighted by molar-refractivity contribution is 7.91. The molecule has 20 heavy (non-hydrogen) atoms. The number of rotatable bonds is 1. The highest BCUT2D eigenvalue weighted by Gasteiger charge is 2.34. The van der Waals surface area contributed by atoms with Gasteiger partial charge in [-0.25, -0.2) is 13.4 Å². The van der Waals surface area contributed by atoms with Crippen LogP contribution in [0.2, 0.25) is 0 Å². The fourth-order valence-electron chi connectivity index (χ4n) is 2.89. The van der Waals surface area contributed by atoms with Gasteiger partial charge >= 0.3 is 0 Å². The van der Waals surface area contributed by atoms with E-state index in [0.717, 1.165) is 12.1 Å². The Morgan fingerprint density at radius 1 is 1.35 bits per heavy atom. The van der Waals surface area contributed by atoms with Crippen LogP contribution in [0.4, 0.5) is 0 Å². The Morgan fingerprint density at radius 2 is 2.10 bits per heavy atom. The van der Waals surface area contributed by atoms with Crippen LogP contribution in [0.5, 0.6) is 0 Å². The molecule has 1 unspecified atom stereocenters. The fourth-order valence-corrected chi connectivity index (χ4v) is 4.64. The number of carbonyl (C=O) groups excluding carboxylic acids is 1. The molecule has 1 amide bonds. The Bertz CT molecular complexity index is 660. The van der Waals surface area contributed by atoms with Gasteiger partial charge in [0.15, 0.2) is 9.84 Å². The summed E-state index contributed by atoms with van der Waals surface area (Å²) < 4.78 is 23.1. The Morgan fingerprint density at radius 3 is 2.75 bits per heavy atom. The average molecular weight is 297 g/mol. The highest BCUT2D eigenvalue weighted by atomic mass is 32.2. The van der Waals surface area contributed by atoms with E-state index in [1.165, 1.54) is 0 Å². The first-order valence-electron chi connectivity index (χ1n) is 6.83. The predicted octanol–water partition coefficient (Wildman–Crippen LogP) is 0.624. The first-order valence-corrected chi connectivity index (χ1v) is 8.65. The lowest BCUT2D eigenvalue weighted by atomic mass is 9.88. The largest absolute Gasteiger partial charge is 0.350 e. The molecule has 0 aromatic carbocycles. The summed E-state index contributed by atoms with van der Waals surface area (Å²) in [6, 6.07) is 0. The van der Waals surface area contributed by atoms with Crippen LogP contribution in [0, 0.1) is 5.41 Å². The lowest BCUT2D eigenvalue weighted by Crippen LogP contribution is -2.32. The van der Waals surface area contributed by atoms with Crippen molar-refractivity contribution < 1.29 is 13.2 Å². The standard InChI is InChI=1S/C13H19N3O3S/c1-13(2)5-9-10(12(17)14-7-13)16-11(15-9)8-3-4-20(18,19)6-8/h8H,3-7H2,1-2H3,(H,14,17)(H,15,16). The van der Waals surface area contributed by atoms with Crippen molar-refractivity contribution in [3.63, 3.8) is 0 Å². The van der Waals surface area contributed by atoms with E-state index < -0.39 is 9.84 Å². The molecule has 110 valence electrons. The Balaban J connectivity index is 1.94. The van der Waals surface area contributed by atoms with Crippen molar-refractivity contribution in [2.24, 2.45) is 5.41 Å². The van der Waals surface area contributed by atoms with Crippen molar-refractivity contribution >= 4 is 15.7 Å². The van der Waals surface area contributed by atoms with Gasteiger partial charge in [-0.05, 0) is 18.3 Å². The van der Waals surface area contributed by atoms with Crippen LogP contribution in [-0.4, -0.2) is 42.3 Å². The molecular weight excluding hydrogens is 278 g/mol. The van der Waals surface area contributed by atoms with Gasteiger partial charge in [0.1, 0.15) is 11.5 Å². The molecule has 0 aliphatic carbocycles. The highest BCUT2D eigenvalue weighted by Crippen LogP contribution is 2.30. The van der Waals surface area contributed by atoms with Crippen LogP contribution in [0.25, 0.3) is 0 Å². The first-order chi connectivity index (χ1) is 9.26. The molecule has 2 N–H and O–H groups in total. The summed E-state index contributed by atoms with van der Waals surface area (Å²) in [6.45, 7) is 4.79. The Labute approximate surface area is 118 Å². The summed E-state index contributed by atoms with van der Waals surface area (Å²) in [7, 11) is -2.95. The SMILES string of the molecule is CC1(C)CNC(=O)c2nc(C3CCS(=O)(=O)C3)[nH]c2C1. The Kier molecular flexibility index (Phi) is 2.93. The Hall–Kier alpha value is -1.37. The van der Waals surface area contributed by atoms with Crippen molar-refractivity contribution in [2.45, 2.75) is 32.6 Å². The van der Waals surface area contributed by atoms with E-state index in [0.29, 0.717) is 24.5 Å². The van der Waals surface area contributed by atoms with Crippen LogP contribution in [-0.2, 0) is 16.3 Å². The molecule has 0 spiro atoms. The molecule has 0 radical (unpaired) electrons. The molecule has 6 nitrogen and oxygen atoms in total. The number of amides is 1. The van der Waals surface area contributed by atoms with E-state index in [9.17, 15) is 13.2 Å². The number of imidazole rings is 1. The number of H-pyrrole nitrogens is 1. The average Bonchev–Trinajstić information content (AvgIpc) is 2.87. The molecule has 1 fully saturated rings. The molecule has 1 aromatic heterocycles. The zero-order valence-electron chi connectivity index (χ0n) is 11.7. The molecule has 2 aliphatic heterocycles. The number of sulfone groups is 1. The van der Waals surface area contributed by atoms with Crippen LogP contribution < -0.4 is 5.32 Å². The van der Waals surface area contributed by atoms with E-state index in [4.69, 9.17) is 0 Å². The van der Waals surface area contributed by atoms with Gasteiger partial charge in [-0.1, -0.05) is 13.8 Å². The molecule has 3 rings (SSSR count). The third-order valence-electron chi connectivity index (χ3n) is 4.01. The quantitative estimate of drug-likeness (QED) is 0.795. The van der Waals surface area contributed by atoms with Crippen molar-refractivity contribution in [1.29, 1.82) is 0 Å². The summed E-state index contributed by atoms with van der Waals surface area (Å²) in [4.78, 5) is 19.6. The predicted molar refractivity (Wildman–Crippen MR) is 74.4 cm³/mol. The van der Waals surface area contributed by atoms with Crippen LogP contribution in [0.1, 0.15) is 48.2 Å². The number of carbonyl (C=O) groups is 1. The lowest BCUT2D eigenvalue weighted by molar-refractivity contribution is 0.0940. The number of nitrogens with zero attached hydrogens (tertiary/aromatic N) is 1. The summed E-state index contributed by atoms with van der Waals surface area (Å²) in [5, 5.41) is 2.87. The molecule has 7 heteroatoms. The number of fused-ring (bicyclic) bond motifs is 1. The smallest absolute Gasteiger partial charge is 0.271 e. The third-order valence-corrected chi connectivity index (χ3v) is 5.78. The summed E-state index contributed by atoms with van der Waals surface area (Å²) in [5.74, 6) is 0.700. The normalized spacial score (nSPS) is 27.7. The molecular formula is C13H19N3O3S. The maximum atomic E-state index is 12.0. The van der Waals surface area contributed by atoms with Crippen molar-refractivity contribution in [2.75, 3.05) is 18.1 Å². The number of aromatic nitrogens is 2. The van der Waals surface area contributed by atoms with Gasteiger partial charge in [0.2, 0.25) is 0 Å². The third kappa shape index (κ3) is 2.46. The van der Waals surface area contributed by atoms with Gasteiger partial charge < -0.3 is 10.3 Å². The minimum Gasteiger partial charge on any atom is -0.350 e. The van der Waals surface area contributed by atoms with E-state index in [1.807, 2.05) is 0 Å². The number of hydrogen-bond acceptors (Lipinski definition) is 4. The maximum Gasteiger partial charge on any atom is 0.271 e. The van der Waals surface area contributed by atoms with Crippen LogP contribution in [0.3, 0.4) is 0 Å². The topological polar surface area (TPSA) is 91.9 Å². The fraction of sp³-hybridized carbons (Fsp3) is 0.692. The van der Waals surface area contributed by atoms with Crippen LogP contribution in [0.15, 0.2) is 0 Å². The second kappa shape index (κ2) is 4.31. The zero-order chi connectivity index (χ0) is 14.5. The van der Waals surface area contributed by atoms with Gasteiger partial charge in [0, 0.05) is 18.2 Å². The minimum atomic E-state index is -2.95. The molecule has 1 aromatic rings. The molecule has 1 saturated heterocycles. The summed E-state index contributed by atoms with van der Waals surface area (Å²) >= 11 is 0. The molecule has 2 aliphatic rings. The van der Waals surface area contributed by atoms with Gasteiger partial charge in [-0.15, -0.1) is 0 Å². The number of hydrogen-bond donors (Lipinski definition) is 2. The molecule has 3 heterocycles. The van der Waals surface area contributed by atoms with Crippen LogP contribution >= 0.6 is 0 Å². The molecule has 1 atom stereocenters. The number of nitrogens with one attached hydrogen (secondary N) is 2. The lowest BCUT2D eigenvalue weighted by Gasteiger charge is -2.21. The van der Waals surface area contributed by atoms with Gasteiger partial charge in [-0.3, -0.25) is 4.79 Å². The van der Waals surface area contributed by atoms with Gasteiger partial charge in [-0.2, -0.15) is 0 Å². The van der Waals surface area contributed by atoms with E-state index in [1.54, 1.807) is 0 Å².